The number of amides is 1. The third-order valence-corrected chi connectivity index (χ3v) is 3.28. The molecule has 1 rings (SSSR count). The topological polar surface area (TPSA) is 78.6 Å². The summed E-state index contributed by atoms with van der Waals surface area (Å²) >= 11 is 0. The van der Waals surface area contributed by atoms with E-state index in [1.54, 1.807) is 6.92 Å². The molecule has 0 aliphatic heterocycles. The summed E-state index contributed by atoms with van der Waals surface area (Å²) in [4.78, 5) is 22.1. The number of hydrogen-bond donors (Lipinski definition) is 1. The first-order valence-electron chi connectivity index (χ1n) is 6.03. The standard InChI is InChI=1S/C12H21NO4/c1-8(11(13)14)7-17-10-5-3-9(4-6-10)12(15)16-2/h8-10H,3-7H2,1-2H3,(H2,13,14). The van der Waals surface area contributed by atoms with Gasteiger partial charge in [-0.05, 0) is 25.7 Å². The van der Waals surface area contributed by atoms with Crippen molar-refractivity contribution in [2.75, 3.05) is 13.7 Å². The smallest absolute Gasteiger partial charge is 0.308 e. The number of primary amides is 1. The van der Waals surface area contributed by atoms with Gasteiger partial charge in [-0.25, -0.2) is 0 Å². The highest BCUT2D eigenvalue weighted by molar-refractivity contribution is 5.76. The Balaban J connectivity index is 2.23. The van der Waals surface area contributed by atoms with Crippen molar-refractivity contribution < 1.29 is 19.1 Å². The molecule has 1 atom stereocenters. The number of carbonyl (C=O) groups is 2. The molecule has 0 aromatic heterocycles. The van der Waals surface area contributed by atoms with Crippen molar-refractivity contribution >= 4 is 11.9 Å². The lowest BCUT2D eigenvalue weighted by molar-refractivity contribution is -0.147. The van der Waals surface area contributed by atoms with Crippen LogP contribution in [-0.4, -0.2) is 31.7 Å². The number of carbonyl (C=O) groups excluding carboxylic acids is 2. The van der Waals surface area contributed by atoms with Gasteiger partial charge >= 0.3 is 5.97 Å². The summed E-state index contributed by atoms with van der Waals surface area (Å²) in [6.07, 6.45) is 3.40. The molecular formula is C12H21NO4. The Kier molecular flexibility index (Phi) is 5.41. The Hall–Kier alpha value is -1.10. The van der Waals surface area contributed by atoms with E-state index >= 15 is 0 Å². The summed E-state index contributed by atoms with van der Waals surface area (Å²) in [6, 6.07) is 0. The van der Waals surface area contributed by atoms with Crippen LogP contribution in [0.2, 0.25) is 0 Å². The zero-order chi connectivity index (χ0) is 12.8. The molecule has 0 aromatic carbocycles. The SMILES string of the molecule is COC(=O)C1CCC(OCC(C)C(N)=O)CC1. The molecule has 5 nitrogen and oxygen atoms in total. The van der Waals surface area contributed by atoms with Gasteiger partial charge in [-0.1, -0.05) is 6.92 Å². The van der Waals surface area contributed by atoms with Gasteiger partial charge < -0.3 is 15.2 Å². The molecular weight excluding hydrogens is 222 g/mol. The molecule has 0 heterocycles. The molecule has 0 bridgehead atoms. The molecule has 0 spiro atoms. The van der Waals surface area contributed by atoms with Crippen molar-refractivity contribution in [3.8, 4) is 0 Å². The Morgan fingerprint density at radius 1 is 1.29 bits per heavy atom. The highest BCUT2D eigenvalue weighted by Crippen LogP contribution is 2.27. The van der Waals surface area contributed by atoms with Crippen molar-refractivity contribution in [1.82, 2.24) is 0 Å². The highest BCUT2D eigenvalue weighted by Gasteiger charge is 2.27. The Morgan fingerprint density at radius 2 is 1.88 bits per heavy atom. The first-order chi connectivity index (χ1) is 8.04. The minimum atomic E-state index is -0.340. The first kappa shape index (κ1) is 14.0. The molecule has 1 fully saturated rings. The molecule has 2 N–H and O–H groups in total. The van der Waals surface area contributed by atoms with Crippen LogP contribution in [0.15, 0.2) is 0 Å². The van der Waals surface area contributed by atoms with Gasteiger partial charge in [0.2, 0.25) is 5.91 Å². The van der Waals surface area contributed by atoms with Crippen LogP contribution >= 0.6 is 0 Å². The number of ether oxygens (including phenoxy) is 2. The molecule has 5 heteroatoms. The fourth-order valence-electron chi connectivity index (χ4n) is 1.99. The predicted octanol–water partition coefficient (Wildman–Crippen LogP) is 0.856. The lowest BCUT2D eigenvalue weighted by Gasteiger charge is -2.27. The van der Waals surface area contributed by atoms with Gasteiger partial charge in [-0.15, -0.1) is 0 Å². The molecule has 98 valence electrons. The monoisotopic (exact) mass is 243 g/mol. The fraction of sp³-hybridized carbons (Fsp3) is 0.833. The summed E-state index contributed by atoms with van der Waals surface area (Å²) in [6.45, 7) is 2.12. The molecule has 1 aliphatic carbocycles. The zero-order valence-corrected chi connectivity index (χ0v) is 10.5. The van der Waals surface area contributed by atoms with E-state index in [4.69, 9.17) is 15.2 Å². The summed E-state index contributed by atoms with van der Waals surface area (Å²) in [5, 5.41) is 0. The summed E-state index contributed by atoms with van der Waals surface area (Å²) < 4.78 is 10.3. The zero-order valence-electron chi connectivity index (χ0n) is 10.5. The Bertz CT molecular complexity index is 272. The van der Waals surface area contributed by atoms with E-state index in [1.165, 1.54) is 7.11 Å². The van der Waals surface area contributed by atoms with E-state index in [2.05, 4.69) is 0 Å². The summed E-state index contributed by atoms with van der Waals surface area (Å²) in [5.74, 6) is -0.719. The second-order valence-electron chi connectivity index (χ2n) is 4.63. The quantitative estimate of drug-likeness (QED) is 0.726. The molecule has 0 aromatic rings. The van der Waals surface area contributed by atoms with Gasteiger partial charge in [-0.2, -0.15) is 0 Å². The third-order valence-electron chi connectivity index (χ3n) is 3.28. The molecule has 1 unspecified atom stereocenters. The average Bonchev–Trinajstić information content (AvgIpc) is 2.35. The van der Waals surface area contributed by atoms with E-state index in [1.807, 2.05) is 0 Å². The molecule has 1 saturated carbocycles. The van der Waals surface area contributed by atoms with Crippen LogP contribution < -0.4 is 5.73 Å². The van der Waals surface area contributed by atoms with Crippen LogP contribution in [0.1, 0.15) is 32.6 Å². The summed E-state index contributed by atoms with van der Waals surface area (Å²) in [7, 11) is 1.42. The van der Waals surface area contributed by atoms with Crippen molar-refractivity contribution in [1.29, 1.82) is 0 Å². The second-order valence-corrected chi connectivity index (χ2v) is 4.63. The Labute approximate surface area is 102 Å². The lowest BCUT2D eigenvalue weighted by atomic mass is 9.87. The van der Waals surface area contributed by atoms with Crippen LogP contribution in [0.4, 0.5) is 0 Å². The second kappa shape index (κ2) is 6.59. The number of esters is 1. The number of rotatable bonds is 5. The highest BCUT2D eigenvalue weighted by atomic mass is 16.5. The maximum absolute atomic E-state index is 11.3. The van der Waals surface area contributed by atoms with E-state index in [0.717, 1.165) is 25.7 Å². The van der Waals surface area contributed by atoms with Crippen molar-refractivity contribution in [3.63, 3.8) is 0 Å². The van der Waals surface area contributed by atoms with Crippen LogP contribution in [0.5, 0.6) is 0 Å². The maximum Gasteiger partial charge on any atom is 0.308 e. The predicted molar refractivity (Wildman–Crippen MR) is 62.1 cm³/mol. The fourth-order valence-corrected chi connectivity index (χ4v) is 1.99. The Morgan fingerprint density at radius 3 is 2.35 bits per heavy atom. The van der Waals surface area contributed by atoms with Crippen LogP contribution in [0.25, 0.3) is 0 Å². The van der Waals surface area contributed by atoms with E-state index in [0.29, 0.717) is 6.61 Å². The van der Waals surface area contributed by atoms with Crippen LogP contribution in [-0.2, 0) is 19.1 Å². The van der Waals surface area contributed by atoms with Gasteiger partial charge in [0.15, 0.2) is 0 Å². The van der Waals surface area contributed by atoms with Gasteiger partial charge in [0.1, 0.15) is 0 Å². The molecule has 17 heavy (non-hydrogen) atoms. The number of methoxy groups -OCH3 is 1. The van der Waals surface area contributed by atoms with Gasteiger partial charge in [0.05, 0.1) is 31.7 Å². The lowest BCUT2D eigenvalue weighted by Crippen LogP contribution is -2.30. The molecule has 0 radical (unpaired) electrons. The normalized spacial score (nSPS) is 26.2. The van der Waals surface area contributed by atoms with Crippen LogP contribution in [0.3, 0.4) is 0 Å². The van der Waals surface area contributed by atoms with Gasteiger partial charge in [-0.3, -0.25) is 9.59 Å². The minimum absolute atomic E-state index is 0.00779. The third kappa shape index (κ3) is 4.34. The average molecular weight is 243 g/mol. The van der Waals surface area contributed by atoms with Crippen molar-refractivity contribution in [3.05, 3.63) is 0 Å². The van der Waals surface area contributed by atoms with E-state index < -0.39 is 0 Å². The maximum atomic E-state index is 11.3. The number of hydrogen-bond acceptors (Lipinski definition) is 4. The van der Waals surface area contributed by atoms with Crippen molar-refractivity contribution in [2.45, 2.75) is 38.7 Å². The molecule has 0 saturated heterocycles. The van der Waals surface area contributed by atoms with Crippen molar-refractivity contribution in [2.24, 2.45) is 17.6 Å². The molecule has 1 amide bonds. The summed E-state index contributed by atoms with van der Waals surface area (Å²) in [5.41, 5.74) is 5.15. The minimum Gasteiger partial charge on any atom is -0.469 e. The van der Waals surface area contributed by atoms with E-state index in [-0.39, 0.29) is 29.8 Å². The molecule has 1 aliphatic rings. The first-order valence-corrected chi connectivity index (χ1v) is 6.03. The number of nitrogens with two attached hydrogens (primary N) is 1. The largest absolute Gasteiger partial charge is 0.469 e. The van der Waals surface area contributed by atoms with E-state index in [9.17, 15) is 9.59 Å². The van der Waals surface area contributed by atoms with Gasteiger partial charge in [0, 0.05) is 0 Å². The van der Waals surface area contributed by atoms with Crippen LogP contribution in [0, 0.1) is 11.8 Å². The van der Waals surface area contributed by atoms with Gasteiger partial charge in [0.25, 0.3) is 0 Å².